The van der Waals surface area contributed by atoms with Crippen molar-refractivity contribution < 1.29 is 4.79 Å². The van der Waals surface area contributed by atoms with Crippen LogP contribution in [0.25, 0.3) is 22.8 Å². The highest BCUT2D eigenvalue weighted by atomic mass is 35.5. The normalized spacial score (nSPS) is 11.2. The average molecular weight is 622 g/mol. The fraction of sp³-hybridized carbons (Fsp3) is 0.226. The Hall–Kier alpha value is -3.79. The maximum Gasteiger partial charge on any atom is 0.295 e. The van der Waals surface area contributed by atoms with Crippen LogP contribution in [0.5, 0.6) is 0 Å². The number of rotatable bonds is 9. The van der Waals surface area contributed by atoms with E-state index in [1.807, 2.05) is 47.0 Å². The Bertz CT molecular complexity index is 1810. The van der Waals surface area contributed by atoms with E-state index in [4.69, 9.17) is 23.2 Å². The monoisotopic (exact) mass is 620 g/mol. The number of nitrogens with zero attached hydrogens (tertiary/aromatic N) is 5. The maximum atomic E-state index is 13.3. The predicted molar refractivity (Wildman–Crippen MR) is 171 cm³/mol. The van der Waals surface area contributed by atoms with E-state index in [2.05, 4.69) is 41.5 Å². The van der Waals surface area contributed by atoms with Crippen molar-refractivity contribution in [2.75, 3.05) is 11.1 Å². The summed E-state index contributed by atoms with van der Waals surface area (Å²) < 4.78 is 5.23. The topological polar surface area (TPSA) is 86.7 Å². The van der Waals surface area contributed by atoms with Crippen LogP contribution in [-0.2, 0) is 24.7 Å². The lowest BCUT2D eigenvalue weighted by Crippen LogP contribution is -2.23. The Balaban J connectivity index is 1.50. The van der Waals surface area contributed by atoms with E-state index in [9.17, 15) is 9.59 Å². The molecule has 0 saturated carbocycles. The molecule has 2 aromatic heterocycles. The summed E-state index contributed by atoms with van der Waals surface area (Å²) in [6.07, 6.45) is 1.58. The van der Waals surface area contributed by atoms with Crippen LogP contribution < -0.4 is 10.9 Å². The van der Waals surface area contributed by atoms with E-state index < -0.39 is 0 Å². The van der Waals surface area contributed by atoms with Gasteiger partial charge in [-0.05, 0) is 61.2 Å². The van der Waals surface area contributed by atoms with E-state index in [1.165, 1.54) is 16.4 Å². The third kappa shape index (κ3) is 5.64. The Kier molecular flexibility index (Phi) is 8.91. The summed E-state index contributed by atoms with van der Waals surface area (Å²) in [6, 6.07) is 20.8. The zero-order valence-corrected chi connectivity index (χ0v) is 26.0. The van der Waals surface area contributed by atoms with Gasteiger partial charge in [0.05, 0.1) is 27.8 Å². The Morgan fingerprint density at radius 1 is 0.952 bits per heavy atom. The highest BCUT2D eigenvalue weighted by molar-refractivity contribution is 7.99. The molecule has 0 unspecified atom stereocenters. The molecule has 0 aliphatic carbocycles. The molecule has 0 spiro atoms. The van der Waals surface area contributed by atoms with Crippen molar-refractivity contribution in [1.82, 2.24) is 24.1 Å². The molecule has 5 aromatic rings. The minimum absolute atomic E-state index is 0.0152. The fourth-order valence-corrected chi connectivity index (χ4v) is 6.16. The summed E-state index contributed by atoms with van der Waals surface area (Å²) in [7, 11) is 1.79. The number of anilines is 1. The number of carbonyl (C=O) groups is 1. The number of carbonyl (C=O) groups excluding carboxylic acids is 1. The Morgan fingerprint density at radius 2 is 1.64 bits per heavy atom. The van der Waals surface area contributed by atoms with Gasteiger partial charge in [-0.15, -0.1) is 10.2 Å². The lowest BCUT2D eigenvalue weighted by atomic mass is 10.0. The molecule has 0 aliphatic heterocycles. The smallest absolute Gasteiger partial charge is 0.295 e. The Morgan fingerprint density at radius 3 is 2.29 bits per heavy atom. The third-order valence-corrected chi connectivity index (χ3v) is 8.62. The number of hydrogen-bond acceptors (Lipinski definition) is 5. The molecular weight excluding hydrogens is 591 g/mol. The van der Waals surface area contributed by atoms with Gasteiger partial charge in [0.1, 0.15) is 5.69 Å². The zero-order chi connectivity index (χ0) is 30.0. The molecule has 2 heterocycles. The summed E-state index contributed by atoms with van der Waals surface area (Å²) in [4.78, 5) is 26.5. The number of aryl methyl sites for hydroxylation is 2. The molecular formula is C31H30Cl2N6O2S. The van der Waals surface area contributed by atoms with Crippen LogP contribution in [0.2, 0.25) is 10.0 Å². The number of thioether (sulfide) groups is 1. The molecule has 5 rings (SSSR count). The van der Waals surface area contributed by atoms with Crippen molar-refractivity contribution in [2.45, 2.75) is 38.8 Å². The molecule has 3 aromatic carbocycles. The molecule has 0 saturated heterocycles. The van der Waals surface area contributed by atoms with Gasteiger partial charge in [0.15, 0.2) is 11.0 Å². The second kappa shape index (κ2) is 12.6. The van der Waals surface area contributed by atoms with Crippen molar-refractivity contribution in [2.24, 2.45) is 7.05 Å². The second-order valence-corrected chi connectivity index (χ2v) is 11.5. The predicted octanol–water partition coefficient (Wildman–Crippen LogP) is 6.89. The average Bonchev–Trinajstić information content (AvgIpc) is 3.49. The minimum Gasteiger partial charge on any atom is -0.319 e. The third-order valence-electron chi connectivity index (χ3n) is 7.14. The van der Waals surface area contributed by atoms with Gasteiger partial charge in [0.25, 0.3) is 5.56 Å². The number of hydrogen-bond donors (Lipinski definition) is 1. The van der Waals surface area contributed by atoms with Gasteiger partial charge in [-0.25, -0.2) is 4.68 Å². The maximum absolute atomic E-state index is 13.3. The van der Waals surface area contributed by atoms with E-state index in [0.29, 0.717) is 38.0 Å². The van der Waals surface area contributed by atoms with Crippen LogP contribution in [0.1, 0.15) is 30.7 Å². The van der Waals surface area contributed by atoms with Crippen LogP contribution in [0.15, 0.2) is 76.7 Å². The molecule has 11 heteroatoms. The first kappa shape index (κ1) is 29.7. The molecule has 8 nitrogen and oxygen atoms in total. The van der Waals surface area contributed by atoms with Gasteiger partial charge >= 0.3 is 0 Å². The van der Waals surface area contributed by atoms with Crippen LogP contribution in [0.4, 0.5) is 5.69 Å². The highest BCUT2D eigenvalue weighted by Crippen LogP contribution is 2.36. The van der Waals surface area contributed by atoms with E-state index in [-0.39, 0.29) is 22.9 Å². The lowest BCUT2D eigenvalue weighted by molar-refractivity contribution is -0.113. The summed E-state index contributed by atoms with van der Waals surface area (Å²) in [5.74, 6) is 0.243. The molecule has 0 fully saturated rings. The number of para-hydroxylation sites is 2. The molecule has 0 radical (unpaired) electrons. The van der Waals surface area contributed by atoms with Crippen LogP contribution in [0.3, 0.4) is 0 Å². The fourth-order valence-electron chi connectivity index (χ4n) is 4.93. The van der Waals surface area contributed by atoms with Gasteiger partial charge in [-0.2, -0.15) is 0 Å². The number of amides is 1. The molecule has 1 N–H and O–H groups in total. The van der Waals surface area contributed by atoms with Gasteiger partial charge in [-0.1, -0.05) is 85.2 Å². The van der Waals surface area contributed by atoms with Crippen LogP contribution in [0, 0.1) is 6.92 Å². The molecule has 0 aliphatic rings. The van der Waals surface area contributed by atoms with Crippen molar-refractivity contribution in [3.8, 4) is 22.8 Å². The second-order valence-electron chi connectivity index (χ2n) is 9.67. The van der Waals surface area contributed by atoms with E-state index in [0.717, 1.165) is 29.7 Å². The van der Waals surface area contributed by atoms with Crippen LogP contribution >= 0.6 is 35.0 Å². The van der Waals surface area contributed by atoms with Gasteiger partial charge in [-0.3, -0.25) is 18.8 Å². The molecule has 42 heavy (non-hydrogen) atoms. The van der Waals surface area contributed by atoms with Crippen molar-refractivity contribution >= 4 is 46.6 Å². The summed E-state index contributed by atoms with van der Waals surface area (Å²) in [6.45, 7) is 6.00. The SMILES string of the molecule is CCc1cccc(CC)c1-n1c(SCC(=O)Nc2c(C)n(C)n(-c3ccccc3)c2=O)nnc1-c1ccc(Cl)cc1Cl. The van der Waals surface area contributed by atoms with Gasteiger partial charge < -0.3 is 5.32 Å². The van der Waals surface area contributed by atoms with Crippen molar-refractivity contribution in [1.29, 1.82) is 0 Å². The Labute approximate surface area is 258 Å². The van der Waals surface area contributed by atoms with Gasteiger partial charge in [0, 0.05) is 17.6 Å². The summed E-state index contributed by atoms with van der Waals surface area (Å²) >= 11 is 14.0. The lowest BCUT2D eigenvalue weighted by Gasteiger charge is -2.18. The molecule has 1 amide bonds. The first-order chi connectivity index (χ1) is 20.2. The van der Waals surface area contributed by atoms with E-state index in [1.54, 1.807) is 30.8 Å². The van der Waals surface area contributed by atoms with Crippen molar-refractivity contribution in [3.63, 3.8) is 0 Å². The number of nitrogens with one attached hydrogen (secondary N) is 1. The number of halogens is 2. The van der Waals surface area contributed by atoms with Crippen molar-refractivity contribution in [3.05, 3.63) is 104 Å². The van der Waals surface area contributed by atoms with Crippen LogP contribution in [-0.4, -0.2) is 35.8 Å². The number of benzene rings is 3. The standard InChI is InChI=1S/C31H30Cl2N6O2S/c1-5-20-11-10-12-21(6-2)28(20)38-29(24-16-15-22(32)17-25(24)33)35-36-31(38)42-18-26(40)34-27-19(3)37(4)39(30(27)41)23-13-8-7-9-14-23/h7-17H,5-6,18H2,1-4H3,(H,34,40). The number of aromatic nitrogens is 5. The highest BCUT2D eigenvalue weighted by Gasteiger charge is 2.24. The van der Waals surface area contributed by atoms with Gasteiger partial charge in [0.2, 0.25) is 5.91 Å². The summed E-state index contributed by atoms with van der Waals surface area (Å²) in [5.41, 5.74) is 5.19. The first-order valence-electron chi connectivity index (χ1n) is 13.5. The largest absolute Gasteiger partial charge is 0.319 e. The first-order valence-corrected chi connectivity index (χ1v) is 15.3. The molecule has 216 valence electrons. The van der Waals surface area contributed by atoms with E-state index >= 15 is 0 Å². The molecule has 0 bridgehead atoms. The summed E-state index contributed by atoms with van der Waals surface area (Å²) in [5, 5.41) is 13.3. The molecule has 0 atom stereocenters. The minimum atomic E-state index is -0.328. The quantitative estimate of drug-likeness (QED) is 0.181. The zero-order valence-electron chi connectivity index (χ0n) is 23.7.